The van der Waals surface area contributed by atoms with Crippen molar-refractivity contribution in [1.29, 1.82) is 0 Å². The van der Waals surface area contributed by atoms with Gasteiger partial charge in [0.15, 0.2) is 5.96 Å². The van der Waals surface area contributed by atoms with Crippen molar-refractivity contribution >= 4 is 5.96 Å². The summed E-state index contributed by atoms with van der Waals surface area (Å²) in [5, 5.41) is 3.19. The van der Waals surface area contributed by atoms with E-state index >= 15 is 0 Å². The maximum absolute atomic E-state index is 4.53. The second-order valence-electron chi connectivity index (χ2n) is 3.80. The third kappa shape index (κ3) is 5.07. The smallest absolute Gasteiger partial charge is 0.194 e. The standard InChI is InChI=1S/C14H19N3/c1-4-5-11-15-14(17(2)3)16-12-13-9-7-6-8-10-13/h6-10H,11-12H2,1-3H3,(H,15,16). The molecule has 1 rings (SSSR count). The fourth-order valence-corrected chi connectivity index (χ4v) is 1.32. The first-order chi connectivity index (χ1) is 8.24. The molecule has 0 unspecified atom stereocenters. The fourth-order valence-electron chi connectivity index (χ4n) is 1.32. The van der Waals surface area contributed by atoms with Crippen molar-refractivity contribution in [2.45, 2.75) is 13.5 Å². The van der Waals surface area contributed by atoms with Crippen molar-refractivity contribution in [1.82, 2.24) is 10.2 Å². The molecule has 0 aliphatic heterocycles. The predicted molar refractivity (Wildman–Crippen MR) is 72.7 cm³/mol. The van der Waals surface area contributed by atoms with Crippen LogP contribution in [0, 0.1) is 11.8 Å². The van der Waals surface area contributed by atoms with Gasteiger partial charge in [0.25, 0.3) is 0 Å². The molecule has 0 aliphatic rings. The van der Waals surface area contributed by atoms with Crippen LogP contribution in [0.1, 0.15) is 12.5 Å². The topological polar surface area (TPSA) is 27.6 Å². The summed E-state index contributed by atoms with van der Waals surface area (Å²) in [6, 6.07) is 10.2. The van der Waals surface area contributed by atoms with Crippen LogP contribution in [0.5, 0.6) is 0 Å². The molecule has 0 spiro atoms. The van der Waals surface area contributed by atoms with Gasteiger partial charge in [-0.2, -0.15) is 0 Å². The Morgan fingerprint density at radius 2 is 2.00 bits per heavy atom. The van der Waals surface area contributed by atoms with E-state index in [2.05, 4.69) is 34.3 Å². The first-order valence-corrected chi connectivity index (χ1v) is 5.63. The summed E-state index contributed by atoms with van der Waals surface area (Å²) < 4.78 is 0. The second-order valence-corrected chi connectivity index (χ2v) is 3.80. The Hall–Kier alpha value is -1.95. The highest BCUT2D eigenvalue weighted by molar-refractivity contribution is 5.79. The molecule has 1 aromatic carbocycles. The predicted octanol–water partition coefficient (Wildman–Crippen LogP) is 1.72. The van der Waals surface area contributed by atoms with E-state index < -0.39 is 0 Å². The molecule has 0 saturated carbocycles. The van der Waals surface area contributed by atoms with Crippen molar-refractivity contribution in [3.8, 4) is 11.8 Å². The zero-order valence-electron chi connectivity index (χ0n) is 10.7. The lowest BCUT2D eigenvalue weighted by atomic mass is 10.2. The molecule has 0 atom stereocenters. The Morgan fingerprint density at radius 3 is 2.59 bits per heavy atom. The summed E-state index contributed by atoms with van der Waals surface area (Å²) in [6.45, 7) is 3.14. The Labute approximate surface area is 104 Å². The quantitative estimate of drug-likeness (QED) is 0.485. The molecule has 17 heavy (non-hydrogen) atoms. The van der Waals surface area contributed by atoms with Crippen molar-refractivity contribution < 1.29 is 0 Å². The van der Waals surface area contributed by atoms with Crippen LogP contribution in [-0.4, -0.2) is 31.5 Å². The fraction of sp³-hybridized carbons (Fsp3) is 0.357. The number of benzene rings is 1. The molecule has 0 radical (unpaired) electrons. The SMILES string of the molecule is CC#CCNC(=NCc1ccccc1)N(C)C. The summed E-state index contributed by atoms with van der Waals surface area (Å²) in [6.07, 6.45) is 0. The van der Waals surface area contributed by atoms with E-state index in [1.165, 1.54) is 5.56 Å². The van der Waals surface area contributed by atoms with E-state index in [1.807, 2.05) is 44.1 Å². The minimum atomic E-state index is 0.627. The second kappa shape index (κ2) is 7.34. The average molecular weight is 229 g/mol. The maximum Gasteiger partial charge on any atom is 0.194 e. The Morgan fingerprint density at radius 1 is 1.29 bits per heavy atom. The zero-order chi connectivity index (χ0) is 12.5. The van der Waals surface area contributed by atoms with E-state index in [0.29, 0.717) is 13.1 Å². The molecule has 1 N–H and O–H groups in total. The molecule has 3 nitrogen and oxygen atoms in total. The average Bonchev–Trinajstić information content (AvgIpc) is 2.34. The molecule has 0 bridgehead atoms. The minimum Gasteiger partial charge on any atom is -0.349 e. The number of nitrogens with one attached hydrogen (secondary N) is 1. The molecule has 0 amide bonds. The normalized spacial score (nSPS) is 10.4. The molecule has 90 valence electrons. The minimum absolute atomic E-state index is 0.627. The highest BCUT2D eigenvalue weighted by Gasteiger charge is 1.99. The third-order valence-corrected chi connectivity index (χ3v) is 2.19. The molecule has 1 aromatic rings. The Kier molecular flexibility index (Phi) is 5.67. The van der Waals surface area contributed by atoms with Gasteiger partial charge in [-0.15, -0.1) is 5.92 Å². The van der Waals surface area contributed by atoms with Crippen molar-refractivity contribution in [2.24, 2.45) is 4.99 Å². The van der Waals surface area contributed by atoms with Crippen LogP contribution in [0.15, 0.2) is 35.3 Å². The van der Waals surface area contributed by atoms with Crippen LogP contribution < -0.4 is 5.32 Å². The highest BCUT2D eigenvalue weighted by Crippen LogP contribution is 2.00. The van der Waals surface area contributed by atoms with E-state index in [1.54, 1.807) is 0 Å². The first kappa shape index (κ1) is 13.1. The summed E-state index contributed by atoms with van der Waals surface area (Å²) in [7, 11) is 3.94. The molecule has 3 heteroatoms. The highest BCUT2D eigenvalue weighted by atomic mass is 15.3. The molecule has 0 aromatic heterocycles. The lowest BCUT2D eigenvalue weighted by molar-refractivity contribution is 0.587. The first-order valence-electron chi connectivity index (χ1n) is 5.63. The van der Waals surface area contributed by atoms with Crippen molar-refractivity contribution in [3.63, 3.8) is 0 Å². The molecular formula is C14H19N3. The molecular weight excluding hydrogens is 210 g/mol. The van der Waals surface area contributed by atoms with E-state index in [0.717, 1.165) is 5.96 Å². The van der Waals surface area contributed by atoms with Crippen molar-refractivity contribution in [2.75, 3.05) is 20.6 Å². The van der Waals surface area contributed by atoms with Gasteiger partial charge in [-0.25, -0.2) is 4.99 Å². The molecule has 0 heterocycles. The third-order valence-electron chi connectivity index (χ3n) is 2.19. The number of aliphatic imine (C=N–C) groups is 1. The van der Waals surface area contributed by atoms with Gasteiger partial charge in [0.1, 0.15) is 0 Å². The van der Waals surface area contributed by atoms with Gasteiger partial charge in [0, 0.05) is 14.1 Å². The van der Waals surface area contributed by atoms with Crippen LogP contribution in [0.3, 0.4) is 0 Å². The van der Waals surface area contributed by atoms with Crippen molar-refractivity contribution in [3.05, 3.63) is 35.9 Å². The van der Waals surface area contributed by atoms with E-state index in [-0.39, 0.29) is 0 Å². The van der Waals surface area contributed by atoms with Crippen LogP contribution in [0.2, 0.25) is 0 Å². The lowest BCUT2D eigenvalue weighted by Gasteiger charge is -2.16. The van der Waals surface area contributed by atoms with E-state index in [4.69, 9.17) is 0 Å². The number of hydrogen-bond donors (Lipinski definition) is 1. The van der Waals surface area contributed by atoms with Crippen LogP contribution in [0.25, 0.3) is 0 Å². The van der Waals surface area contributed by atoms with Gasteiger partial charge >= 0.3 is 0 Å². The van der Waals surface area contributed by atoms with Crippen LogP contribution in [0.4, 0.5) is 0 Å². The summed E-state index contributed by atoms with van der Waals surface area (Å²) in [5.41, 5.74) is 1.20. The van der Waals surface area contributed by atoms with Gasteiger partial charge in [0.2, 0.25) is 0 Å². The molecule has 0 saturated heterocycles. The van der Waals surface area contributed by atoms with Gasteiger partial charge in [-0.05, 0) is 12.5 Å². The van der Waals surface area contributed by atoms with Gasteiger partial charge in [-0.1, -0.05) is 36.3 Å². The van der Waals surface area contributed by atoms with Gasteiger partial charge in [0.05, 0.1) is 13.1 Å². The Bertz CT molecular complexity index is 410. The van der Waals surface area contributed by atoms with Gasteiger partial charge < -0.3 is 10.2 Å². The maximum atomic E-state index is 4.53. The number of guanidine groups is 1. The number of rotatable bonds is 3. The van der Waals surface area contributed by atoms with E-state index in [9.17, 15) is 0 Å². The monoisotopic (exact) mass is 229 g/mol. The summed E-state index contributed by atoms with van der Waals surface area (Å²) >= 11 is 0. The Balaban J connectivity index is 2.60. The molecule has 0 aliphatic carbocycles. The number of nitrogens with zero attached hydrogens (tertiary/aromatic N) is 2. The van der Waals surface area contributed by atoms with Gasteiger partial charge in [-0.3, -0.25) is 0 Å². The summed E-state index contributed by atoms with van der Waals surface area (Å²) in [5.74, 6) is 6.67. The largest absolute Gasteiger partial charge is 0.349 e. The van der Waals surface area contributed by atoms with Crippen LogP contribution in [-0.2, 0) is 6.54 Å². The molecule has 0 fully saturated rings. The lowest BCUT2D eigenvalue weighted by Crippen LogP contribution is -2.36. The zero-order valence-corrected chi connectivity index (χ0v) is 10.7. The van der Waals surface area contributed by atoms with Crippen LogP contribution >= 0.6 is 0 Å². The summed E-state index contributed by atoms with van der Waals surface area (Å²) in [4.78, 5) is 6.49. The number of hydrogen-bond acceptors (Lipinski definition) is 1.